The van der Waals surface area contributed by atoms with E-state index in [2.05, 4.69) is 4.99 Å². The fourth-order valence-electron chi connectivity index (χ4n) is 1.83. The van der Waals surface area contributed by atoms with Crippen molar-refractivity contribution in [1.82, 2.24) is 0 Å². The fraction of sp³-hybridized carbons (Fsp3) is 0.333. The van der Waals surface area contributed by atoms with Gasteiger partial charge in [-0.15, -0.1) is 0 Å². The number of hydrogen-bond donors (Lipinski definition) is 2. The minimum atomic E-state index is -3.73. The summed E-state index contributed by atoms with van der Waals surface area (Å²) in [6.45, 7) is 0. The van der Waals surface area contributed by atoms with Gasteiger partial charge in [-0.25, -0.2) is 23.3 Å². The van der Waals surface area contributed by atoms with Gasteiger partial charge in [0.15, 0.2) is 12.0 Å². The number of carboxylic acids is 1. The van der Waals surface area contributed by atoms with Gasteiger partial charge in [0.25, 0.3) is 0 Å². The predicted octanol–water partition coefficient (Wildman–Crippen LogP) is 1.02. The summed E-state index contributed by atoms with van der Waals surface area (Å²) in [5.74, 6) is -0.672. The molecule has 0 aromatic heterocycles. The maximum absolute atomic E-state index is 11.1. The SMILES string of the molecule is NS(=O)(=O)c1ccc(N=C2CCC[C@@H](C(=O)O)O2)cc1. The number of hydrogen-bond acceptors (Lipinski definition) is 5. The molecule has 0 amide bonds. The van der Waals surface area contributed by atoms with Crippen LogP contribution in [0.5, 0.6) is 0 Å². The highest BCUT2D eigenvalue weighted by atomic mass is 32.2. The zero-order valence-electron chi connectivity index (χ0n) is 10.5. The van der Waals surface area contributed by atoms with Crippen LogP contribution in [0, 0.1) is 0 Å². The fourth-order valence-corrected chi connectivity index (χ4v) is 2.35. The van der Waals surface area contributed by atoms with E-state index in [9.17, 15) is 13.2 Å². The number of aliphatic carboxylic acids is 1. The number of benzene rings is 1. The Labute approximate surface area is 116 Å². The molecular weight excluding hydrogens is 284 g/mol. The molecule has 1 aliphatic rings. The average molecular weight is 298 g/mol. The van der Waals surface area contributed by atoms with Gasteiger partial charge in [-0.1, -0.05) is 0 Å². The Morgan fingerprint density at radius 1 is 1.35 bits per heavy atom. The zero-order chi connectivity index (χ0) is 14.8. The highest BCUT2D eigenvalue weighted by molar-refractivity contribution is 7.89. The van der Waals surface area contributed by atoms with E-state index in [1.54, 1.807) is 0 Å². The normalized spacial score (nSPS) is 21.4. The van der Waals surface area contributed by atoms with E-state index in [4.69, 9.17) is 15.0 Å². The molecule has 0 radical (unpaired) electrons. The third-order valence-electron chi connectivity index (χ3n) is 2.83. The standard InChI is InChI=1S/C12H14N2O5S/c13-20(17,18)9-6-4-8(5-7-9)14-11-3-1-2-10(19-11)12(15)16/h4-7,10H,1-3H2,(H,15,16)(H2,13,17,18)/t10-/m0/s1. The molecule has 0 unspecified atom stereocenters. The summed E-state index contributed by atoms with van der Waals surface area (Å²) < 4.78 is 27.5. The summed E-state index contributed by atoms with van der Waals surface area (Å²) in [5.41, 5.74) is 0.485. The number of nitrogens with two attached hydrogens (primary N) is 1. The number of carboxylic acid groups (broad SMARTS) is 1. The van der Waals surface area contributed by atoms with E-state index in [-0.39, 0.29) is 4.90 Å². The quantitative estimate of drug-likeness (QED) is 0.863. The number of carbonyl (C=O) groups is 1. The number of primary sulfonamides is 1. The van der Waals surface area contributed by atoms with Crippen LogP contribution in [0.15, 0.2) is 34.2 Å². The van der Waals surface area contributed by atoms with Crippen LogP contribution in [-0.2, 0) is 19.6 Å². The Morgan fingerprint density at radius 3 is 2.55 bits per heavy atom. The highest BCUT2D eigenvalue weighted by Gasteiger charge is 2.25. The average Bonchev–Trinajstić information content (AvgIpc) is 2.38. The van der Waals surface area contributed by atoms with Crippen molar-refractivity contribution in [3.63, 3.8) is 0 Å². The van der Waals surface area contributed by atoms with Crippen LogP contribution in [0.25, 0.3) is 0 Å². The second kappa shape index (κ2) is 5.59. The molecule has 1 saturated heterocycles. The third-order valence-corrected chi connectivity index (χ3v) is 3.76. The summed E-state index contributed by atoms with van der Waals surface area (Å²) in [7, 11) is -3.73. The second-order valence-corrected chi connectivity index (χ2v) is 5.94. The largest absolute Gasteiger partial charge is 0.479 e. The van der Waals surface area contributed by atoms with E-state index in [1.165, 1.54) is 24.3 Å². The van der Waals surface area contributed by atoms with Crippen LogP contribution < -0.4 is 5.14 Å². The van der Waals surface area contributed by atoms with Crippen molar-refractivity contribution >= 4 is 27.6 Å². The van der Waals surface area contributed by atoms with E-state index in [1.807, 2.05) is 0 Å². The lowest BCUT2D eigenvalue weighted by molar-refractivity contribution is -0.146. The summed E-state index contributed by atoms with van der Waals surface area (Å²) in [6.07, 6.45) is 0.830. The van der Waals surface area contributed by atoms with Crippen molar-refractivity contribution in [2.75, 3.05) is 0 Å². The van der Waals surface area contributed by atoms with E-state index in [0.29, 0.717) is 30.8 Å². The van der Waals surface area contributed by atoms with Crippen LogP contribution in [0.4, 0.5) is 5.69 Å². The van der Waals surface area contributed by atoms with Gasteiger partial charge in [-0.2, -0.15) is 0 Å². The van der Waals surface area contributed by atoms with Crippen LogP contribution in [0.3, 0.4) is 0 Å². The maximum Gasteiger partial charge on any atom is 0.344 e. The van der Waals surface area contributed by atoms with E-state index in [0.717, 1.165) is 0 Å². The van der Waals surface area contributed by atoms with Gasteiger partial charge >= 0.3 is 5.97 Å². The third kappa shape index (κ3) is 3.55. The predicted molar refractivity (Wildman–Crippen MR) is 71.3 cm³/mol. The van der Waals surface area contributed by atoms with Crippen LogP contribution in [0.2, 0.25) is 0 Å². The van der Waals surface area contributed by atoms with Gasteiger partial charge in [0.1, 0.15) is 0 Å². The molecule has 108 valence electrons. The molecule has 1 atom stereocenters. The van der Waals surface area contributed by atoms with Gasteiger partial charge in [0.2, 0.25) is 10.0 Å². The van der Waals surface area contributed by atoms with Gasteiger partial charge in [0.05, 0.1) is 10.6 Å². The van der Waals surface area contributed by atoms with Crippen molar-refractivity contribution in [2.45, 2.75) is 30.3 Å². The number of ether oxygens (including phenoxy) is 1. The van der Waals surface area contributed by atoms with Crippen molar-refractivity contribution in [3.05, 3.63) is 24.3 Å². The Bertz CT molecular complexity index is 636. The highest BCUT2D eigenvalue weighted by Crippen LogP contribution is 2.21. The van der Waals surface area contributed by atoms with Gasteiger partial charge in [0, 0.05) is 6.42 Å². The first kappa shape index (κ1) is 14.5. The van der Waals surface area contributed by atoms with Crippen molar-refractivity contribution < 1.29 is 23.1 Å². The molecule has 8 heteroatoms. The molecule has 0 saturated carbocycles. The Hall–Kier alpha value is -1.93. The first-order chi connectivity index (χ1) is 9.36. The van der Waals surface area contributed by atoms with E-state index >= 15 is 0 Å². The monoisotopic (exact) mass is 298 g/mol. The summed E-state index contributed by atoms with van der Waals surface area (Å²) in [6, 6.07) is 5.65. The van der Waals surface area contributed by atoms with Crippen LogP contribution in [-0.4, -0.2) is 31.5 Å². The Kier molecular flexibility index (Phi) is 4.05. The molecule has 1 heterocycles. The maximum atomic E-state index is 11.1. The molecule has 3 N–H and O–H groups in total. The number of nitrogens with zero attached hydrogens (tertiary/aromatic N) is 1. The van der Waals surface area contributed by atoms with Crippen LogP contribution in [0.1, 0.15) is 19.3 Å². The van der Waals surface area contributed by atoms with Crippen molar-refractivity contribution in [1.29, 1.82) is 0 Å². The summed E-state index contributed by atoms with van der Waals surface area (Å²) in [4.78, 5) is 15.0. The molecule has 0 aliphatic carbocycles. The van der Waals surface area contributed by atoms with Crippen LogP contribution >= 0.6 is 0 Å². The molecule has 1 aromatic carbocycles. The molecule has 1 aromatic rings. The lowest BCUT2D eigenvalue weighted by atomic mass is 10.1. The minimum Gasteiger partial charge on any atom is -0.479 e. The zero-order valence-corrected chi connectivity index (χ0v) is 11.3. The smallest absolute Gasteiger partial charge is 0.344 e. The number of sulfonamides is 1. The molecule has 0 bridgehead atoms. The molecule has 7 nitrogen and oxygen atoms in total. The summed E-state index contributed by atoms with van der Waals surface area (Å²) >= 11 is 0. The molecular formula is C12H14N2O5S. The molecule has 2 rings (SSSR count). The second-order valence-electron chi connectivity index (χ2n) is 4.38. The summed E-state index contributed by atoms with van der Waals surface area (Å²) in [5, 5.41) is 13.9. The topological polar surface area (TPSA) is 119 Å². The Morgan fingerprint density at radius 2 is 2.00 bits per heavy atom. The van der Waals surface area contributed by atoms with Gasteiger partial charge in [-0.3, -0.25) is 0 Å². The minimum absolute atomic E-state index is 0.00516. The first-order valence-electron chi connectivity index (χ1n) is 5.96. The molecule has 0 spiro atoms. The lowest BCUT2D eigenvalue weighted by Crippen LogP contribution is -2.30. The Balaban J connectivity index is 2.16. The molecule has 1 aliphatic heterocycles. The number of aliphatic imine (C=N–C) groups is 1. The van der Waals surface area contributed by atoms with Crippen molar-refractivity contribution in [3.8, 4) is 0 Å². The number of rotatable bonds is 3. The van der Waals surface area contributed by atoms with Gasteiger partial charge in [-0.05, 0) is 37.1 Å². The van der Waals surface area contributed by atoms with Crippen molar-refractivity contribution in [2.24, 2.45) is 10.1 Å². The molecule has 20 heavy (non-hydrogen) atoms. The molecule has 1 fully saturated rings. The lowest BCUT2D eigenvalue weighted by Gasteiger charge is -2.21. The van der Waals surface area contributed by atoms with Gasteiger partial charge < -0.3 is 9.84 Å². The van der Waals surface area contributed by atoms with E-state index < -0.39 is 22.1 Å². The first-order valence-corrected chi connectivity index (χ1v) is 7.51.